The molecule has 0 aliphatic heterocycles. The van der Waals surface area contributed by atoms with E-state index >= 15 is 0 Å². The molecule has 16 heavy (non-hydrogen) atoms. The fourth-order valence-corrected chi connectivity index (χ4v) is 4.30. The summed E-state index contributed by atoms with van der Waals surface area (Å²) >= 11 is 0. The predicted molar refractivity (Wildman–Crippen MR) is 70.2 cm³/mol. The van der Waals surface area contributed by atoms with Crippen molar-refractivity contribution in [2.24, 2.45) is 28.4 Å². The largest absolute Gasteiger partial charge is 0.324 e. The highest BCUT2D eigenvalue weighted by Gasteiger charge is 2.67. The standard InChI is InChI=1S/C15H29N/c1-11(2)6-8-14(5)9-7-12-10-15(14,16)13(12,3)4/h11-12H,6-10,16H2,1-5H3/t12?,14?,15-/m0/s1. The van der Waals surface area contributed by atoms with Crippen LogP contribution in [0.1, 0.15) is 66.7 Å². The third kappa shape index (κ3) is 1.40. The smallest absolute Gasteiger partial charge is 0.0266 e. The Kier molecular flexibility index (Phi) is 2.70. The molecule has 3 rings (SSSR count). The highest BCUT2D eigenvalue weighted by atomic mass is 14.9. The van der Waals surface area contributed by atoms with E-state index in [1.165, 1.54) is 32.1 Å². The van der Waals surface area contributed by atoms with Crippen molar-refractivity contribution in [2.75, 3.05) is 0 Å². The molecule has 2 N–H and O–H groups in total. The first-order chi connectivity index (χ1) is 7.23. The Labute approximate surface area is 101 Å². The van der Waals surface area contributed by atoms with Gasteiger partial charge in [0.1, 0.15) is 0 Å². The van der Waals surface area contributed by atoms with E-state index in [1.807, 2.05) is 0 Å². The van der Waals surface area contributed by atoms with Gasteiger partial charge in [0, 0.05) is 5.54 Å². The zero-order chi connectivity index (χ0) is 12.2. The number of rotatable bonds is 3. The van der Waals surface area contributed by atoms with Crippen LogP contribution >= 0.6 is 0 Å². The Morgan fingerprint density at radius 1 is 1.25 bits per heavy atom. The lowest BCUT2D eigenvalue weighted by Gasteiger charge is -2.71. The third-order valence-electron chi connectivity index (χ3n) is 6.13. The minimum Gasteiger partial charge on any atom is -0.324 e. The van der Waals surface area contributed by atoms with Crippen molar-refractivity contribution in [3.8, 4) is 0 Å². The maximum atomic E-state index is 6.79. The van der Waals surface area contributed by atoms with Crippen molar-refractivity contribution in [2.45, 2.75) is 72.3 Å². The van der Waals surface area contributed by atoms with E-state index in [0.717, 1.165) is 11.8 Å². The molecule has 3 fully saturated rings. The van der Waals surface area contributed by atoms with Crippen molar-refractivity contribution in [1.29, 1.82) is 0 Å². The molecule has 0 amide bonds. The summed E-state index contributed by atoms with van der Waals surface area (Å²) in [5.41, 5.74) is 7.65. The molecule has 0 aromatic carbocycles. The van der Waals surface area contributed by atoms with Gasteiger partial charge in [-0.3, -0.25) is 0 Å². The SMILES string of the molecule is CC(C)CCC1(C)CCC2C[C@]1(N)C2(C)C. The van der Waals surface area contributed by atoms with Crippen LogP contribution in [0.15, 0.2) is 0 Å². The van der Waals surface area contributed by atoms with Crippen LogP contribution in [-0.2, 0) is 0 Å². The van der Waals surface area contributed by atoms with Gasteiger partial charge in [-0.05, 0) is 48.3 Å². The Balaban J connectivity index is 2.15. The van der Waals surface area contributed by atoms with Gasteiger partial charge in [0.25, 0.3) is 0 Å². The molecule has 0 saturated heterocycles. The van der Waals surface area contributed by atoms with Gasteiger partial charge in [-0.15, -0.1) is 0 Å². The lowest BCUT2D eigenvalue weighted by molar-refractivity contribution is -0.175. The molecule has 3 saturated carbocycles. The molecule has 0 heterocycles. The van der Waals surface area contributed by atoms with Gasteiger partial charge in [0.15, 0.2) is 0 Å². The molecule has 1 heteroatoms. The molecule has 0 aromatic rings. The van der Waals surface area contributed by atoms with Crippen LogP contribution in [0.3, 0.4) is 0 Å². The zero-order valence-corrected chi connectivity index (χ0v) is 11.8. The number of hydrogen-bond donors (Lipinski definition) is 1. The molecule has 0 radical (unpaired) electrons. The summed E-state index contributed by atoms with van der Waals surface area (Å²) in [6, 6.07) is 0. The van der Waals surface area contributed by atoms with Gasteiger partial charge in [-0.25, -0.2) is 0 Å². The highest BCUT2D eigenvalue weighted by molar-refractivity contribution is 5.22. The molecule has 1 nitrogen and oxygen atoms in total. The zero-order valence-electron chi connectivity index (χ0n) is 11.8. The number of fused-ring (bicyclic) bond motifs is 2. The van der Waals surface area contributed by atoms with Crippen LogP contribution in [0.5, 0.6) is 0 Å². The topological polar surface area (TPSA) is 26.0 Å². The summed E-state index contributed by atoms with van der Waals surface area (Å²) in [6.07, 6.45) is 6.67. The normalized spacial score (nSPS) is 45.6. The van der Waals surface area contributed by atoms with Crippen LogP contribution in [0.25, 0.3) is 0 Å². The van der Waals surface area contributed by atoms with Gasteiger partial charge in [-0.1, -0.05) is 41.0 Å². The first-order valence-corrected chi connectivity index (χ1v) is 7.02. The third-order valence-corrected chi connectivity index (χ3v) is 6.13. The summed E-state index contributed by atoms with van der Waals surface area (Å²) in [5, 5.41) is 0. The molecule has 2 bridgehead atoms. The molecular formula is C15H29N. The minimum atomic E-state index is 0.109. The highest BCUT2D eigenvalue weighted by Crippen LogP contribution is 2.68. The predicted octanol–water partition coefficient (Wildman–Crippen LogP) is 3.97. The maximum Gasteiger partial charge on any atom is 0.0266 e. The summed E-state index contributed by atoms with van der Waals surface area (Å²) in [4.78, 5) is 0. The first-order valence-electron chi connectivity index (χ1n) is 7.02. The van der Waals surface area contributed by atoms with Gasteiger partial charge in [0.05, 0.1) is 0 Å². The van der Waals surface area contributed by atoms with Crippen molar-refractivity contribution in [1.82, 2.24) is 0 Å². The van der Waals surface area contributed by atoms with E-state index in [0.29, 0.717) is 10.8 Å². The Morgan fingerprint density at radius 2 is 1.88 bits per heavy atom. The van der Waals surface area contributed by atoms with Crippen molar-refractivity contribution in [3.05, 3.63) is 0 Å². The van der Waals surface area contributed by atoms with Crippen LogP contribution < -0.4 is 5.73 Å². The maximum absolute atomic E-state index is 6.79. The van der Waals surface area contributed by atoms with Gasteiger partial charge in [-0.2, -0.15) is 0 Å². The average molecular weight is 223 g/mol. The Morgan fingerprint density at radius 3 is 2.38 bits per heavy atom. The van der Waals surface area contributed by atoms with E-state index in [9.17, 15) is 0 Å². The lowest BCUT2D eigenvalue weighted by atomic mass is 9.36. The average Bonchev–Trinajstić information content (AvgIpc) is 2.19. The molecule has 0 spiro atoms. The molecule has 94 valence electrons. The molecule has 3 atom stereocenters. The van der Waals surface area contributed by atoms with E-state index in [2.05, 4.69) is 34.6 Å². The van der Waals surface area contributed by atoms with E-state index in [4.69, 9.17) is 5.73 Å². The van der Waals surface area contributed by atoms with E-state index < -0.39 is 0 Å². The summed E-state index contributed by atoms with van der Waals surface area (Å²) < 4.78 is 0. The Hall–Kier alpha value is -0.0400. The van der Waals surface area contributed by atoms with Gasteiger partial charge in [0.2, 0.25) is 0 Å². The lowest BCUT2D eigenvalue weighted by Crippen LogP contribution is -2.76. The van der Waals surface area contributed by atoms with Crippen LogP contribution in [0.4, 0.5) is 0 Å². The van der Waals surface area contributed by atoms with Crippen molar-refractivity contribution < 1.29 is 0 Å². The fourth-order valence-electron chi connectivity index (χ4n) is 4.30. The number of nitrogens with two attached hydrogens (primary N) is 1. The second-order valence-corrected chi connectivity index (χ2v) is 7.63. The van der Waals surface area contributed by atoms with Crippen LogP contribution in [0.2, 0.25) is 0 Å². The summed E-state index contributed by atoms with van der Waals surface area (Å²) in [6.45, 7) is 11.9. The molecular weight excluding hydrogens is 194 g/mol. The molecule has 3 aliphatic carbocycles. The Bertz CT molecular complexity index is 281. The summed E-state index contributed by atoms with van der Waals surface area (Å²) in [7, 11) is 0. The molecule has 2 unspecified atom stereocenters. The van der Waals surface area contributed by atoms with Crippen molar-refractivity contribution in [3.63, 3.8) is 0 Å². The molecule has 0 aromatic heterocycles. The second-order valence-electron chi connectivity index (χ2n) is 7.63. The minimum absolute atomic E-state index is 0.109. The second kappa shape index (κ2) is 3.48. The fraction of sp³-hybridized carbons (Fsp3) is 1.00. The van der Waals surface area contributed by atoms with E-state index in [-0.39, 0.29) is 5.54 Å². The number of hydrogen-bond acceptors (Lipinski definition) is 1. The molecule has 3 aliphatic rings. The van der Waals surface area contributed by atoms with E-state index in [1.54, 1.807) is 0 Å². The van der Waals surface area contributed by atoms with Crippen LogP contribution in [0, 0.1) is 22.7 Å². The summed E-state index contributed by atoms with van der Waals surface area (Å²) in [5.74, 6) is 1.70. The van der Waals surface area contributed by atoms with Gasteiger partial charge < -0.3 is 5.73 Å². The monoisotopic (exact) mass is 223 g/mol. The van der Waals surface area contributed by atoms with Crippen molar-refractivity contribution >= 4 is 0 Å². The first kappa shape index (κ1) is 12.4. The van der Waals surface area contributed by atoms with Gasteiger partial charge >= 0.3 is 0 Å². The van der Waals surface area contributed by atoms with Crippen LogP contribution in [-0.4, -0.2) is 5.54 Å². The quantitative estimate of drug-likeness (QED) is 0.770.